The van der Waals surface area contributed by atoms with Crippen molar-refractivity contribution in [3.05, 3.63) is 60.7 Å². The molecular formula is C17H15IN3S+. The van der Waals surface area contributed by atoms with Crippen LogP contribution < -0.4 is 4.57 Å². The molecule has 1 aliphatic heterocycles. The molecule has 1 unspecified atom stereocenters. The van der Waals surface area contributed by atoms with E-state index in [9.17, 15) is 0 Å². The summed E-state index contributed by atoms with van der Waals surface area (Å²) in [5, 5.41) is 6.17. The van der Waals surface area contributed by atoms with Crippen molar-refractivity contribution in [3.63, 3.8) is 0 Å². The first-order chi connectivity index (χ1) is 10.9. The summed E-state index contributed by atoms with van der Waals surface area (Å²) in [6, 6.07) is 21.4. The molecule has 2 heterocycles. The number of benzene rings is 2. The minimum Gasteiger partial charge on any atom is -0.184 e. The van der Waals surface area contributed by atoms with Crippen LogP contribution in [0.2, 0.25) is 0 Å². The van der Waals surface area contributed by atoms with E-state index in [0.717, 1.165) is 21.6 Å². The molecule has 1 aromatic heterocycles. The summed E-state index contributed by atoms with van der Waals surface area (Å²) in [7, 11) is 0. The molecule has 0 fully saturated rings. The van der Waals surface area contributed by atoms with E-state index in [1.54, 1.807) is 0 Å². The van der Waals surface area contributed by atoms with Crippen LogP contribution in [0.5, 0.6) is 0 Å². The number of alkyl halides is 1. The quantitative estimate of drug-likeness (QED) is 0.364. The zero-order valence-corrected chi connectivity index (χ0v) is 14.9. The number of nitrogens with zero attached hydrogens (tertiary/aromatic N) is 3. The van der Waals surface area contributed by atoms with Gasteiger partial charge in [0.2, 0.25) is 0 Å². The highest BCUT2D eigenvalue weighted by Gasteiger charge is 2.38. The number of rotatable bonds is 3. The van der Waals surface area contributed by atoms with Gasteiger partial charge in [0.1, 0.15) is 11.7 Å². The monoisotopic (exact) mass is 420 g/mol. The third-order valence-electron chi connectivity index (χ3n) is 3.78. The second-order valence-electron chi connectivity index (χ2n) is 5.21. The highest BCUT2D eigenvalue weighted by Crippen LogP contribution is 2.34. The van der Waals surface area contributed by atoms with Crippen LogP contribution in [0.15, 0.2) is 65.8 Å². The van der Waals surface area contributed by atoms with E-state index in [-0.39, 0.29) is 0 Å². The molecule has 0 radical (unpaired) electrons. The van der Waals surface area contributed by atoms with Crippen LogP contribution in [-0.2, 0) is 0 Å². The van der Waals surface area contributed by atoms with Crippen LogP contribution in [0.1, 0.15) is 6.04 Å². The minimum atomic E-state index is 0.480. The average Bonchev–Trinajstić information content (AvgIpc) is 3.15. The summed E-state index contributed by atoms with van der Waals surface area (Å²) in [5.74, 6) is 2.12. The van der Waals surface area contributed by atoms with Crippen molar-refractivity contribution in [3.8, 4) is 17.1 Å². The predicted molar refractivity (Wildman–Crippen MR) is 97.8 cm³/mol. The van der Waals surface area contributed by atoms with Gasteiger partial charge in [0.15, 0.2) is 0 Å². The lowest BCUT2D eigenvalue weighted by molar-refractivity contribution is -0.626. The van der Waals surface area contributed by atoms with Crippen LogP contribution in [0.25, 0.3) is 17.1 Å². The third kappa shape index (κ3) is 2.36. The first kappa shape index (κ1) is 14.3. The van der Waals surface area contributed by atoms with Crippen molar-refractivity contribution < 1.29 is 4.57 Å². The summed E-state index contributed by atoms with van der Waals surface area (Å²) in [6.45, 7) is 0. The summed E-state index contributed by atoms with van der Waals surface area (Å²) in [5.41, 5.74) is 2.32. The Labute approximate surface area is 147 Å². The Bertz CT molecular complexity index is 786. The third-order valence-corrected chi connectivity index (χ3v) is 5.97. The number of halogens is 1. The maximum Gasteiger partial charge on any atom is 0.314 e. The molecular weight excluding hydrogens is 405 g/mol. The van der Waals surface area contributed by atoms with Crippen molar-refractivity contribution >= 4 is 34.4 Å². The molecule has 0 saturated heterocycles. The van der Waals surface area contributed by atoms with Gasteiger partial charge in [0.05, 0.1) is 5.56 Å². The Hall–Kier alpha value is -1.34. The Balaban J connectivity index is 1.95. The Morgan fingerprint density at radius 1 is 1.09 bits per heavy atom. The number of aromatic nitrogens is 3. The van der Waals surface area contributed by atoms with Crippen LogP contribution >= 0.6 is 34.4 Å². The number of hydrogen-bond acceptors (Lipinski definition) is 2. The lowest BCUT2D eigenvalue weighted by atomic mass is 10.2. The van der Waals surface area contributed by atoms with Gasteiger partial charge in [-0.05, 0) is 36.0 Å². The fourth-order valence-corrected chi connectivity index (χ4v) is 5.04. The largest absolute Gasteiger partial charge is 0.314 e. The van der Waals surface area contributed by atoms with E-state index < -0.39 is 0 Å². The highest BCUT2D eigenvalue weighted by atomic mass is 127. The van der Waals surface area contributed by atoms with Gasteiger partial charge >= 0.3 is 11.0 Å². The Morgan fingerprint density at radius 2 is 1.77 bits per heavy atom. The zero-order chi connectivity index (χ0) is 14.9. The molecule has 3 nitrogen and oxygen atoms in total. The molecule has 1 atom stereocenters. The maximum absolute atomic E-state index is 4.94. The van der Waals surface area contributed by atoms with Gasteiger partial charge in [-0.15, -0.1) is 0 Å². The number of fused-ring (bicyclic) bond motifs is 1. The standard InChI is InChI=1S/C17H15IN3S/c18-11-15-12-22-17-20(14-9-5-2-6-10-14)16(19-21(15)17)13-7-3-1-4-8-13/h1-10,15H,11-12H2/q+1. The molecule has 0 N–H and O–H groups in total. The van der Waals surface area contributed by atoms with Gasteiger partial charge in [-0.3, -0.25) is 0 Å². The molecule has 110 valence electrons. The normalized spacial score (nSPS) is 16.7. The van der Waals surface area contributed by atoms with E-state index in [1.807, 2.05) is 17.8 Å². The van der Waals surface area contributed by atoms with Gasteiger partial charge < -0.3 is 0 Å². The van der Waals surface area contributed by atoms with Gasteiger partial charge in [-0.25, -0.2) is 0 Å². The molecule has 0 amide bonds. The van der Waals surface area contributed by atoms with E-state index in [4.69, 9.17) is 5.10 Å². The molecule has 1 aliphatic rings. The maximum atomic E-state index is 4.94. The smallest absolute Gasteiger partial charge is 0.184 e. The lowest BCUT2D eigenvalue weighted by Gasteiger charge is -2.02. The van der Waals surface area contributed by atoms with Gasteiger partial charge in [0.25, 0.3) is 0 Å². The molecule has 3 aromatic rings. The van der Waals surface area contributed by atoms with Crippen molar-refractivity contribution in [1.29, 1.82) is 0 Å². The molecule has 0 aliphatic carbocycles. The van der Waals surface area contributed by atoms with Gasteiger partial charge in [-0.2, -0.15) is 4.57 Å². The predicted octanol–water partition coefficient (Wildman–Crippen LogP) is 3.91. The molecule has 0 bridgehead atoms. The van der Waals surface area contributed by atoms with Gasteiger partial charge in [-0.1, -0.05) is 63.7 Å². The second-order valence-corrected chi connectivity index (χ2v) is 7.07. The molecule has 0 spiro atoms. The lowest BCUT2D eigenvalue weighted by Crippen LogP contribution is -2.33. The van der Waals surface area contributed by atoms with Crippen LogP contribution in [0.3, 0.4) is 0 Å². The van der Waals surface area contributed by atoms with E-state index >= 15 is 0 Å². The minimum absolute atomic E-state index is 0.480. The fourth-order valence-electron chi connectivity index (χ4n) is 2.69. The average molecular weight is 420 g/mol. The summed E-state index contributed by atoms with van der Waals surface area (Å²) >= 11 is 4.35. The topological polar surface area (TPSA) is 21.7 Å². The van der Waals surface area contributed by atoms with Crippen LogP contribution in [-0.4, -0.2) is 20.0 Å². The fraction of sp³-hybridized carbons (Fsp3) is 0.176. The number of para-hydroxylation sites is 1. The second kappa shape index (κ2) is 6.04. The van der Waals surface area contributed by atoms with Crippen LogP contribution in [0.4, 0.5) is 0 Å². The SMILES string of the molecule is ICC1CSc2n1nc(-c1ccccc1)[n+]2-c1ccccc1. The Kier molecular flexibility index (Phi) is 3.92. The van der Waals surface area contributed by atoms with Crippen molar-refractivity contribution in [1.82, 2.24) is 9.78 Å². The molecule has 5 heteroatoms. The number of hydrogen-bond donors (Lipinski definition) is 0. The summed E-state index contributed by atoms with van der Waals surface area (Å²) in [4.78, 5) is 0. The molecule has 22 heavy (non-hydrogen) atoms. The van der Waals surface area contributed by atoms with E-state index in [1.165, 1.54) is 10.8 Å². The molecule has 4 rings (SSSR count). The first-order valence-corrected chi connectivity index (χ1v) is 9.74. The molecule has 0 saturated carbocycles. The van der Waals surface area contributed by atoms with Crippen molar-refractivity contribution in [2.75, 3.05) is 10.2 Å². The van der Waals surface area contributed by atoms with Crippen molar-refractivity contribution in [2.24, 2.45) is 0 Å². The zero-order valence-electron chi connectivity index (χ0n) is 11.9. The summed E-state index contributed by atoms with van der Waals surface area (Å²) < 4.78 is 5.57. The van der Waals surface area contributed by atoms with Crippen molar-refractivity contribution in [2.45, 2.75) is 11.2 Å². The Morgan fingerprint density at radius 3 is 2.45 bits per heavy atom. The van der Waals surface area contributed by atoms with E-state index in [2.05, 4.69) is 86.4 Å². The van der Waals surface area contributed by atoms with Crippen LogP contribution in [0, 0.1) is 0 Å². The number of thioether (sulfide) groups is 1. The summed E-state index contributed by atoms with van der Waals surface area (Å²) in [6.07, 6.45) is 0. The molecule has 2 aromatic carbocycles. The van der Waals surface area contributed by atoms with Gasteiger partial charge in [0, 0.05) is 15.3 Å². The van der Waals surface area contributed by atoms with E-state index in [0.29, 0.717) is 6.04 Å². The first-order valence-electron chi connectivity index (χ1n) is 7.22. The highest BCUT2D eigenvalue weighted by molar-refractivity contribution is 14.1.